The molecule has 0 amide bonds. The van der Waals surface area contributed by atoms with E-state index in [1.807, 2.05) is 0 Å². The Bertz CT molecular complexity index is 105. The molecule has 1 heterocycles. The van der Waals surface area contributed by atoms with Crippen LogP contribution in [0.5, 0.6) is 0 Å². The Morgan fingerprint density at radius 2 is 2.25 bits per heavy atom. The number of ether oxygens (including phenoxy) is 1. The van der Waals surface area contributed by atoms with Gasteiger partial charge in [0.1, 0.15) is 4.11 Å². The smallest absolute Gasteiger partial charge is 0.114 e. The van der Waals surface area contributed by atoms with Gasteiger partial charge in [0.15, 0.2) is 0 Å². The number of hydrogen-bond donors (Lipinski definition) is 0. The van der Waals surface area contributed by atoms with E-state index in [1.165, 1.54) is 19.3 Å². The van der Waals surface area contributed by atoms with Crippen molar-refractivity contribution in [3.8, 4) is 0 Å². The van der Waals surface area contributed by atoms with Crippen molar-refractivity contribution in [2.45, 2.75) is 29.5 Å². The third-order valence-corrected chi connectivity index (χ3v) is 3.36. The minimum Gasteiger partial charge on any atom is -0.364 e. The Morgan fingerprint density at radius 1 is 1.38 bits per heavy atom. The molecule has 8 heavy (non-hydrogen) atoms. The molecule has 1 saturated heterocycles. The lowest BCUT2D eigenvalue weighted by atomic mass is 10.0. The normalized spacial score (nSPS) is 52.9. The van der Waals surface area contributed by atoms with Crippen LogP contribution in [-0.2, 0) is 4.74 Å². The summed E-state index contributed by atoms with van der Waals surface area (Å²) in [6, 6.07) is 0. The second-order valence-corrected chi connectivity index (χ2v) is 3.85. The maximum absolute atomic E-state index is 5.45. The van der Waals surface area contributed by atoms with Gasteiger partial charge in [-0.15, -0.1) is 0 Å². The molecule has 2 heteroatoms. The van der Waals surface area contributed by atoms with Gasteiger partial charge < -0.3 is 4.74 Å². The van der Waals surface area contributed by atoms with Crippen molar-refractivity contribution in [3.63, 3.8) is 0 Å². The molecule has 1 aliphatic heterocycles. The van der Waals surface area contributed by atoms with Gasteiger partial charge in [0.25, 0.3) is 0 Å². The fourth-order valence-electron chi connectivity index (χ4n) is 1.60. The molecule has 0 aromatic rings. The number of halogens is 1. The topological polar surface area (TPSA) is 9.23 Å². The van der Waals surface area contributed by atoms with Crippen LogP contribution in [0.1, 0.15) is 19.3 Å². The maximum Gasteiger partial charge on any atom is 0.114 e. The first-order valence-corrected chi connectivity index (χ1v) is 4.42. The molecule has 46 valence electrons. The van der Waals surface area contributed by atoms with Gasteiger partial charge in [-0.3, -0.25) is 0 Å². The fraction of sp³-hybridized carbons (Fsp3) is 1.00. The lowest BCUT2D eigenvalue weighted by molar-refractivity contribution is -0.107. The van der Waals surface area contributed by atoms with E-state index in [0.29, 0.717) is 10.2 Å². The van der Waals surface area contributed by atoms with Crippen LogP contribution in [0.3, 0.4) is 0 Å². The molecule has 1 nitrogen and oxygen atoms in total. The first-order chi connectivity index (χ1) is 3.88. The predicted molar refractivity (Wildman–Crippen MR) is 40.0 cm³/mol. The molecule has 2 fully saturated rings. The van der Waals surface area contributed by atoms with E-state index in [1.54, 1.807) is 0 Å². The number of alkyl halides is 1. The summed E-state index contributed by atoms with van der Waals surface area (Å²) in [6.07, 6.45) is 4.80. The van der Waals surface area contributed by atoms with Crippen molar-refractivity contribution < 1.29 is 4.74 Å². The van der Waals surface area contributed by atoms with E-state index in [0.717, 1.165) is 5.92 Å². The van der Waals surface area contributed by atoms with Gasteiger partial charge in [0.05, 0.1) is 6.10 Å². The van der Waals surface area contributed by atoms with Crippen LogP contribution in [-0.4, -0.2) is 10.2 Å². The van der Waals surface area contributed by atoms with Crippen molar-refractivity contribution in [2.75, 3.05) is 0 Å². The van der Waals surface area contributed by atoms with E-state index < -0.39 is 0 Å². The average molecular weight is 224 g/mol. The predicted octanol–water partition coefficient (Wildman–Crippen LogP) is 1.95. The minimum atomic E-state index is 0.556. The van der Waals surface area contributed by atoms with Crippen LogP contribution in [0.2, 0.25) is 0 Å². The van der Waals surface area contributed by atoms with Crippen LogP contribution in [0.15, 0.2) is 0 Å². The summed E-state index contributed by atoms with van der Waals surface area (Å²) in [5.41, 5.74) is 0. The van der Waals surface area contributed by atoms with Crippen LogP contribution < -0.4 is 0 Å². The highest BCUT2D eigenvalue weighted by molar-refractivity contribution is 14.1. The second-order valence-electron chi connectivity index (χ2n) is 2.62. The van der Waals surface area contributed by atoms with Crippen molar-refractivity contribution in [3.05, 3.63) is 0 Å². The molecule has 0 N–H and O–H groups in total. The zero-order valence-corrected chi connectivity index (χ0v) is 6.80. The highest BCUT2D eigenvalue weighted by atomic mass is 127. The van der Waals surface area contributed by atoms with E-state index in [4.69, 9.17) is 4.74 Å². The van der Waals surface area contributed by atoms with Crippen LogP contribution in [0.25, 0.3) is 0 Å². The molecule has 1 aliphatic carbocycles. The largest absolute Gasteiger partial charge is 0.364 e. The number of fused-ring (bicyclic) bond motifs is 1. The quantitative estimate of drug-likeness (QED) is 0.451. The molecule has 0 aromatic heterocycles. The molecule has 0 radical (unpaired) electrons. The zero-order valence-electron chi connectivity index (χ0n) is 4.64. The van der Waals surface area contributed by atoms with Gasteiger partial charge in [-0.25, -0.2) is 0 Å². The molecule has 2 aliphatic rings. The summed E-state index contributed by atoms with van der Waals surface area (Å²) in [4.78, 5) is 0. The van der Waals surface area contributed by atoms with Gasteiger partial charge in [-0.2, -0.15) is 0 Å². The Kier molecular flexibility index (Phi) is 1.26. The third kappa shape index (κ3) is 0.620. The average Bonchev–Trinajstić information content (AvgIpc) is 2.09. The van der Waals surface area contributed by atoms with Crippen molar-refractivity contribution in [2.24, 2.45) is 5.92 Å². The van der Waals surface area contributed by atoms with E-state index in [2.05, 4.69) is 22.6 Å². The molecule has 3 atom stereocenters. The first-order valence-electron chi connectivity index (χ1n) is 3.17. The first kappa shape index (κ1) is 5.47. The number of rotatable bonds is 0. The molecule has 0 aromatic carbocycles. The van der Waals surface area contributed by atoms with Crippen molar-refractivity contribution >= 4 is 22.6 Å². The molecular weight excluding hydrogens is 215 g/mol. The Morgan fingerprint density at radius 3 is 2.75 bits per heavy atom. The molecule has 1 saturated carbocycles. The summed E-state index contributed by atoms with van der Waals surface area (Å²) in [6.45, 7) is 0. The summed E-state index contributed by atoms with van der Waals surface area (Å²) < 4.78 is 6.01. The zero-order chi connectivity index (χ0) is 5.56. The number of hydrogen-bond acceptors (Lipinski definition) is 1. The monoisotopic (exact) mass is 224 g/mol. The van der Waals surface area contributed by atoms with E-state index in [9.17, 15) is 0 Å². The molecule has 0 bridgehead atoms. The lowest BCUT2D eigenvalue weighted by Crippen LogP contribution is -2.40. The lowest BCUT2D eigenvalue weighted by Gasteiger charge is -2.36. The Hall–Kier alpha value is 0.690. The molecule has 2 rings (SSSR count). The Labute approximate surface area is 62.9 Å². The molecule has 3 unspecified atom stereocenters. The SMILES string of the molecule is IC1OC2CCCC12. The highest BCUT2D eigenvalue weighted by Gasteiger charge is 2.43. The third-order valence-electron chi connectivity index (χ3n) is 2.15. The van der Waals surface area contributed by atoms with Crippen molar-refractivity contribution in [1.82, 2.24) is 0 Å². The summed E-state index contributed by atoms with van der Waals surface area (Å²) in [5, 5.41) is 0. The van der Waals surface area contributed by atoms with Crippen LogP contribution in [0, 0.1) is 5.92 Å². The molecular formula is C6H9IO. The van der Waals surface area contributed by atoms with E-state index in [-0.39, 0.29) is 0 Å². The van der Waals surface area contributed by atoms with E-state index >= 15 is 0 Å². The van der Waals surface area contributed by atoms with Crippen molar-refractivity contribution in [1.29, 1.82) is 0 Å². The van der Waals surface area contributed by atoms with Gasteiger partial charge in [-0.1, -0.05) is 29.0 Å². The van der Waals surface area contributed by atoms with Gasteiger partial charge in [0, 0.05) is 5.92 Å². The summed E-state index contributed by atoms with van der Waals surface area (Å²) in [5.74, 6) is 0.926. The maximum atomic E-state index is 5.45. The summed E-state index contributed by atoms with van der Waals surface area (Å²) >= 11 is 2.39. The van der Waals surface area contributed by atoms with Crippen LogP contribution >= 0.6 is 22.6 Å². The fourth-order valence-corrected chi connectivity index (χ4v) is 2.80. The summed E-state index contributed by atoms with van der Waals surface area (Å²) in [7, 11) is 0. The van der Waals surface area contributed by atoms with Crippen LogP contribution in [0.4, 0.5) is 0 Å². The minimum absolute atomic E-state index is 0.556. The Balaban J connectivity index is 2.02. The van der Waals surface area contributed by atoms with Gasteiger partial charge in [0.2, 0.25) is 0 Å². The second kappa shape index (κ2) is 1.84. The standard InChI is InChI=1S/C6H9IO/c7-6-4-2-1-3-5(4)8-6/h4-6H,1-3H2. The van der Waals surface area contributed by atoms with Gasteiger partial charge >= 0.3 is 0 Å². The highest BCUT2D eigenvalue weighted by Crippen LogP contribution is 2.44. The molecule has 0 spiro atoms. The van der Waals surface area contributed by atoms with Gasteiger partial charge in [-0.05, 0) is 12.8 Å².